The molecule has 1 atom stereocenters. The summed E-state index contributed by atoms with van der Waals surface area (Å²) in [7, 11) is 0. The van der Waals surface area contributed by atoms with E-state index >= 15 is 0 Å². The predicted molar refractivity (Wildman–Crippen MR) is 68.2 cm³/mol. The third-order valence-electron chi connectivity index (χ3n) is 4.24. The Balaban J connectivity index is 2.24. The zero-order valence-corrected chi connectivity index (χ0v) is 11.0. The average Bonchev–Trinajstić information content (AvgIpc) is 2.82. The lowest BCUT2D eigenvalue weighted by Gasteiger charge is -2.46. The van der Waals surface area contributed by atoms with Crippen molar-refractivity contribution in [3.05, 3.63) is 0 Å². The molecule has 7 nitrogen and oxygen atoms in total. The summed E-state index contributed by atoms with van der Waals surface area (Å²) in [5, 5.41) is 11.9. The van der Waals surface area contributed by atoms with Gasteiger partial charge in [0.1, 0.15) is 11.5 Å². The summed E-state index contributed by atoms with van der Waals surface area (Å²) in [5.74, 6) is -0.445. The minimum absolute atomic E-state index is 0.0641. The standard InChI is InChI=1S/C12H20N4O3/c1-7-5-12(6-7,10(14)15-19)11(18)16-4-2-3-8(16)9(13)17/h7-8,19H,2-6H2,1H3,(H2,13,17)(H2,14,15). The van der Waals surface area contributed by atoms with Crippen LogP contribution in [0, 0.1) is 11.3 Å². The molecular formula is C12H20N4O3. The van der Waals surface area contributed by atoms with Crippen molar-refractivity contribution in [3.8, 4) is 0 Å². The first-order valence-electron chi connectivity index (χ1n) is 6.51. The van der Waals surface area contributed by atoms with E-state index in [0.29, 0.717) is 31.7 Å². The monoisotopic (exact) mass is 268 g/mol. The Bertz CT molecular complexity index is 429. The Morgan fingerprint density at radius 2 is 2.00 bits per heavy atom. The van der Waals surface area contributed by atoms with E-state index in [1.807, 2.05) is 6.92 Å². The van der Waals surface area contributed by atoms with Gasteiger partial charge in [0.15, 0.2) is 5.84 Å². The fourth-order valence-corrected chi connectivity index (χ4v) is 3.30. The van der Waals surface area contributed by atoms with E-state index in [1.54, 1.807) is 0 Å². The van der Waals surface area contributed by atoms with Crippen molar-refractivity contribution in [3.63, 3.8) is 0 Å². The summed E-state index contributed by atoms with van der Waals surface area (Å²) in [4.78, 5) is 25.5. The Kier molecular flexibility index (Phi) is 3.38. The molecule has 1 aliphatic carbocycles. The highest BCUT2D eigenvalue weighted by Gasteiger charge is 2.55. The van der Waals surface area contributed by atoms with Gasteiger partial charge in [-0.05, 0) is 31.6 Å². The summed E-state index contributed by atoms with van der Waals surface area (Å²) in [6.45, 7) is 2.51. The van der Waals surface area contributed by atoms with Crippen molar-refractivity contribution in [2.24, 2.45) is 28.0 Å². The average molecular weight is 268 g/mol. The fraction of sp³-hybridized carbons (Fsp3) is 0.750. The van der Waals surface area contributed by atoms with Crippen molar-refractivity contribution in [1.29, 1.82) is 0 Å². The number of carbonyl (C=O) groups excluding carboxylic acids is 2. The summed E-state index contributed by atoms with van der Waals surface area (Å²) in [6, 6.07) is -0.563. The first-order valence-corrected chi connectivity index (χ1v) is 6.51. The molecule has 1 saturated carbocycles. The highest BCUT2D eigenvalue weighted by molar-refractivity contribution is 6.08. The van der Waals surface area contributed by atoms with Gasteiger partial charge in [0.25, 0.3) is 0 Å². The Morgan fingerprint density at radius 1 is 1.37 bits per heavy atom. The van der Waals surface area contributed by atoms with Crippen LogP contribution in [-0.4, -0.2) is 40.3 Å². The van der Waals surface area contributed by atoms with Crippen LogP contribution in [0.15, 0.2) is 5.16 Å². The minimum atomic E-state index is -0.952. The molecule has 0 aromatic heterocycles. The van der Waals surface area contributed by atoms with Gasteiger partial charge in [-0.25, -0.2) is 0 Å². The molecule has 0 bridgehead atoms. The van der Waals surface area contributed by atoms with E-state index < -0.39 is 17.4 Å². The molecule has 2 fully saturated rings. The van der Waals surface area contributed by atoms with E-state index in [-0.39, 0.29) is 11.7 Å². The van der Waals surface area contributed by atoms with Crippen LogP contribution in [0.25, 0.3) is 0 Å². The third kappa shape index (κ3) is 2.02. The summed E-state index contributed by atoms with van der Waals surface area (Å²) in [6.07, 6.45) is 2.43. The quantitative estimate of drug-likeness (QED) is 0.279. The lowest BCUT2D eigenvalue weighted by atomic mass is 9.61. The van der Waals surface area contributed by atoms with E-state index in [1.165, 1.54) is 4.90 Å². The second-order valence-electron chi connectivity index (χ2n) is 5.64. The van der Waals surface area contributed by atoms with Gasteiger partial charge in [-0.15, -0.1) is 0 Å². The molecule has 2 aliphatic rings. The zero-order valence-electron chi connectivity index (χ0n) is 11.0. The number of likely N-dealkylation sites (tertiary alicyclic amines) is 1. The molecule has 1 aliphatic heterocycles. The van der Waals surface area contributed by atoms with Crippen molar-refractivity contribution < 1.29 is 14.8 Å². The molecule has 7 heteroatoms. The summed E-state index contributed by atoms with van der Waals surface area (Å²) < 4.78 is 0. The number of rotatable bonds is 3. The maximum atomic E-state index is 12.7. The van der Waals surface area contributed by atoms with Crippen LogP contribution in [0.1, 0.15) is 32.6 Å². The largest absolute Gasteiger partial charge is 0.409 e. The number of nitrogens with two attached hydrogens (primary N) is 2. The summed E-state index contributed by atoms with van der Waals surface area (Å²) >= 11 is 0. The minimum Gasteiger partial charge on any atom is -0.409 e. The van der Waals surface area contributed by atoms with Crippen LogP contribution >= 0.6 is 0 Å². The van der Waals surface area contributed by atoms with Gasteiger partial charge in [-0.2, -0.15) is 0 Å². The van der Waals surface area contributed by atoms with Crippen LogP contribution < -0.4 is 11.5 Å². The molecule has 106 valence electrons. The number of primary amides is 1. The van der Waals surface area contributed by atoms with Crippen LogP contribution in [-0.2, 0) is 9.59 Å². The van der Waals surface area contributed by atoms with Crippen LogP contribution in [0.3, 0.4) is 0 Å². The van der Waals surface area contributed by atoms with Crippen molar-refractivity contribution >= 4 is 17.6 Å². The van der Waals surface area contributed by atoms with Crippen LogP contribution in [0.2, 0.25) is 0 Å². The molecular weight excluding hydrogens is 248 g/mol. The lowest BCUT2D eigenvalue weighted by Crippen LogP contribution is -2.59. The van der Waals surface area contributed by atoms with Gasteiger partial charge in [0.05, 0.1) is 0 Å². The third-order valence-corrected chi connectivity index (χ3v) is 4.24. The summed E-state index contributed by atoms with van der Waals surface area (Å²) in [5.41, 5.74) is 10.1. The molecule has 0 spiro atoms. The Labute approximate surface area is 111 Å². The maximum Gasteiger partial charge on any atom is 0.240 e. The van der Waals surface area contributed by atoms with Crippen molar-refractivity contribution in [2.45, 2.75) is 38.6 Å². The van der Waals surface area contributed by atoms with Gasteiger partial charge < -0.3 is 21.6 Å². The first kappa shape index (κ1) is 13.6. The van der Waals surface area contributed by atoms with Gasteiger partial charge in [-0.1, -0.05) is 12.1 Å². The molecule has 19 heavy (non-hydrogen) atoms. The molecule has 5 N–H and O–H groups in total. The zero-order chi connectivity index (χ0) is 14.2. The highest BCUT2D eigenvalue weighted by atomic mass is 16.4. The Hall–Kier alpha value is -1.79. The molecule has 1 heterocycles. The van der Waals surface area contributed by atoms with E-state index in [4.69, 9.17) is 16.7 Å². The highest BCUT2D eigenvalue weighted by Crippen LogP contribution is 2.47. The smallest absolute Gasteiger partial charge is 0.240 e. The number of nitrogens with zero attached hydrogens (tertiary/aromatic N) is 2. The molecule has 1 saturated heterocycles. The van der Waals surface area contributed by atoms with E-state index in [2.05, 4.69) is 5.16 Å². The number of hydrogen-bond donors (Lipinski definition) is 3. The van der Waals surface area contributed by atoms with Crippen molar-refractivity contribution in [2.75, 3.05) is 6.54 Å². The normalized spacial score (nSPS) is 35.0. The molecule has 2 rings (SSSR count). The fourth-order valence-electron chi connectivity index (χ4n) is 3.30. The maximum absolute atomic E-state index is 12.7. The van der Waals surface area contributed by atoms with Gasteiger partial charge in [-0.3, -0.25) is 9.59 Å². The molecule has 0 aromatic rings. The number of amidine groups is 1. The molecule has 1 unspecified atom stereocenters. The van der Waals surface area contributed by atoms with Crippen molar-refractivity contribution in [1.82, 2.24) is 4.90 Å². The lowest BCUT2D eigenvalue weighted by molar-refractivity contribution is -0.148. The van der Waals surface area contributed by atoms with Crippen LogP contribution in [0.5, 0.6) is 0 Å². The second kappa shape index (κ2) is 4.71. The predicted octanol–water partition coefficient (Wildman–Crippen LogP) is -0.375. The SMILES string of the molecule is CC1CC(C(=O)N2CCCC2C(N)=O)(C(N)=NO)C1. The molecule has 2 amide bonds. The first-order chi connectivity index (χ1) is 8.92. The number of hydrogen-bond acceptors (Lipinski definition) is 4. The van der Waals surface area contributed by atoms with E-state index in [9.17, 15) is 9.59 Å². The Morgan fingerprint density at radius 3 is 2.47 bits per heavy atom. The molecule has 0 aromatic carbocycles. The topological polar surface area (TPSA) is 122 Å². The number of carbonyl (C=O) groups is 2. The number of oxime groups is 1. The van der Waals surface area contributed by atoms with Gasteiger partial charge >= 0.3 is 0 Å². The molecule has 0 radical (unpaired) electrons. The van der Waals surface area contributed by atoms with E-state index in [0.717, 1.165) is 6.42 Å². The van der Waals surface area contributed by atoms with Crippen LogP contribution in [0.4, 0.5) is 0 Å². The number of amides is 2. The second-order valence-corrected chi connectivity index (χ2v) is 5.64. The van der Waals surface area contributed by atoms with Gasteiger partial charge in [0.2, 0.25) is 11.8 Å². The van der Waals surface area contributed by atoms with Gasteiger partial charge in [0, 0.05) is 6.54 Å².